The Kier molecular flexibility index (Phi) is 4.85. The molecule has 0 fully saturated rings. The molecule has 8 heteroatoms. The van der Waals surface area contributed by atoms with E-state index < -0.39 is 10.9 Å². The van der Waals surface area contributed by atoms with Crippen LogP contribution in [-0.2, 0) is 4.79 Å². The minimum Gasteiger partial charge on any atom is -0.486 e. The molecule has 0 saturated heterocycles. The predicted octanol–water partition coefficient (Wildman–Crippen LogP) is 3.06. The van der Waals surface area contributed by atoms with Crippen molar-refractivity contribution < 1.29 is 23.9 Å². The summed E-state index contributed by atoms with van der Waals surface area (Å²) in [4.78, 5) is 22.8. The molecule has 0 amide bonds. The van der Waals surface area contributed by atoms with Gasteiger partial charge in [-0.3, -0.25) is 14.9 Å². The fraction of sp³-hybridized carbons (Fsp3) is 0.188. The molecule has 0 aliphatic carbocycles. The number of rotatable bonds is 5. The fourth-order valence-corrected chi connectivity index (χ4v) is 2.75. The third kappa shape index (κ3) is 3.96. The Morgan fingerprint density at radius 2 is 1.83 bits per heavy atom. The number of nitro groups is 1. The molecule has 0 spiro atoms. The van der Waals surface area contributed by atoms with E-state index in [-0.39, 0.29) is 17.2 Å². The summed E-state index contributed by atoms with van der Waals surface area (Å²) in [6, 6.07) is 10.8. The molecule has 0 N–H and O–H groups in total. The molecule has 0 aromatic heterocycles. The van der Waals surface area contributed by atoms with Crippen LogP contribution in [0.5, 0.6) is 17.2 Å². The highest BCUT2D eigenvalue weighted by Crippen LogP contribution is 2.34. The molecule has 24 heavy (non-hydrogen) atoms. The summed E-state index contributed by atoms with van der Waals surface area (Å²) in [6.45, 7) is 1.03. The number of nitro benzene ring substituents is 1. The van der Waals surface area contributed by atoms with E-state index in [4.69, 9.17) is 14.2 Å². The van der Waals surface area contributed by atoms with Crippen molar-refractivity contribution in [3.05, 3.63) is 52.6 Å². The number of ether oxygens (including phenoxy) is 3. The monoisotopic (exact) mass is 347 g/mol. The molecular weight excluding hydrogens is 334 g/mol. The molecule has 2 aromatic carbocycles. The molecule has 1 aliphatic rings. The number of benzene rings is 2. The van der Waals surface area contributed by atoms with E-state index in [1.54, 1.807) is 6.07 Å². The maximum Gasteiger partial charge on any atom is 0.321 e. The molecule has 0 atom stereocenters. The number of esters is 1. The Morgan fingerprint density at radius 3 is 2.54 bits per heavy atom. The average Bonchev–Trinajstić information content (AvgIpc) is 2.60. The molecule has 1 aliphatic heterocycles. The smallest absolute Gasteiger partial charge is 0.321 e. The van der Waals surface area contributed by atoms with Crippen LogP contribution in [0.1, 0.15) is 0 Å². The first-order valence-corrected chi connectivity index (χ1v) is 8.08. The number of non-ortho nitro benzene ring substituents is 1. The van der Waals surface area contributed by atoms with Gasteiger partial charge < -0.3 is 14.2 Å². The topological polar surface area (TPSA) is 87.9 Å². The van der Waals surface area contributed by atoms with E-state index in [0.29, 0.717) is 24.7 Å². The highest BCUT2D eigenvalue weighted by Gasteiger charge is 2.13. The maximum absolute atomic E-state index is 11.9. The van der Waals surface area contributed by atoms with Gasteiger partial charge in [-0.05, 0) is 30.3 Å². The van der Waals surface area contributed by atoms with Crippen LogP contribution < -0.4 is 14.2 Å². The van der Waals surface area contributed by atoms with E-state index in [0.717, 1.165) is 4.90 Å². The normalized spacial score (nSPS) is 12.5. The largest absolute Gasteiger partial charge is 0.486 e. The summed E-state index contributed by atoms with van der Waals surface area (Å²) in [5.74, 6) is 1.29. The number of carbonyl (C=O) groups excluding carboxylic acids is 1. The third-order valence-corrected chi connectivity index (χ3v) is 4.12. The number of hydrogen-bond donors (Lipinski definition) is 0. The second-order valence-corrected chi connectivity index (χ2v) is 5.87. The van der Waals surface area contributed by atoms with Gasteiger partial charge in [-0.15, -0.1) is 11.8 Å². The number of carbonyl (C=O) groups is 1. The van der Waals surface area contributed by atoms with Crippen molar-refractivity contribution in [1.82, 2.24) is 0 Å². The van der Waals surface area contributed by atoms with E-state index in [1.807, 2.05) is 12.1 Å². The van der Waals surface area contributed by atoms with Crippen molar-refractivity contribution in [3.8, 4) is 17.2 Å². The van der Waals surface area contributed by atoms with Crippen LogP contribution in [-0.4, -0.2) is 29.9 Å². The van der Waals surface area contributed by atoms with Crippen LogP contribution in [0.15, 0.2) is 47.4 Å². The van der Waals surface area contributed by atoms with E-state index in [9.17, 15) is 14.9 Å². The molecule has 124 valence electrons. The summed E-state index contributed by atoms with van der Waals surface area (Å²) in [5.41, 5.74) is -0.0551. The van der Waals surface area contributed by atoms with Gasteiger partial charge in [0, 0.05) is 17.0 Å². The lowest BCUT2D eigenvalue weighted by Gasteiger charge is -2.18. The minimum absolute atomic E-state index is 0.0551. The summed E-state index contributed by atoms with van der Waals surface area (Å²) in [6.07, 6.45) is 0. The lowest BCUT2D eigenvalue weighted by Crippen LogP contribution is -2.15. The van der Waals surface area contributed by atoms with Crippen LogP contribution in [0.3, 0.4) is 0 Å². The lowest BCUT2D eigenvalue weighted by atomic mass is 10.3. The first-order chi connectivity index (χ1) is 11.6. The fourth-order valence-electron chi connectivity index (χ4n) is 2.05. The van der Waals surface area contributed by atoms with Crippen LogP contribution in [0, 0.1) is 10.1 Å². The van der Waals surface area contributed by atoms with Crippen molar-refractivity contribution in [2.75, 3.05) is 19.0 Å². The number of fused-ring (bicyclic) bond motifs is 1. The number of nitrogens with zero attached hydrogens (tertiary/aromatic N) is 1. The molecule has 1 heterocycles. The van der Waals surface area contributed by atoms with Crippen molar-refractivity contribution in [2.45, 2.75) is 4.90 Å². The summed E-state index contributed by atoms with van der Waals surface area (Å²) < 4.78 is 16.1. The van der Waals surface area contributed by atoms with Gasteiger partial charge in [-0.1, -0.05) is 0 Å². The van der Waals surface area contributed by atoms with Crippen LogP contribution in [0.2, 0.25) is 0 Å². The summed E-state index contributed by atoms with van der Waals surface area (Å²) in [7, 11) is 0. The van der Waals surface area contributed by atoms with E-state index >= 15 is 0 Å². The quantitative estimate of drug-likeness (QED) is 0.270. The van der Waals surface area contributed by atoms with E-state index in [1.165, 1.54) is 36.0 Å². The maximum atomic E-state index is 11.9. The average molecular weight is 347 g/mol. The van der Waals surface area contributed by atoms with Gasteiger partial charge in [0.05, 0.1) is 10.7 Å². The zero-order valence-corrected chi connectivity index (χ0v) is 13.3. The van der Waals surface area contributed by atoms with Crippen molar-refractivity contribution in [2.24, 2.45) is 0 Å². The summed E-state index contributed by atoms with van der Waals surface area (Å²) in [5, 5.41) is 10.6. The molecule has 7 nitrogen and oxygen atoms in total. The molecule has 3 rings (SSSR count). The van der Waals surface area contributed by atoms with Gasteiger partial charge in [0.25, 0.3) is 5.69 Å². The van der Waals surface area contributed by atoms with Gasteiger partial charge in [0.1, 0.15) is 19.0 Å². The highest BCUT2D eigenvalue weighted by atomic mass is 32.2. The molecule has 0 radical (unpaired) electrons. The van der Waals surface area contributed by atoms with Crippen molar-refractivity contribution >= 4 is 23.4 Å². The van der Waals surface area contributed by atoms with Gasteiger partial charge in [-0.25, -0.2) is 0 Å². The number of thioether (sulfide) groups is 1. The zero-order valence-electron chi connectivity index (χ0n) is 12.5. The minimum atomic E-state index is -0.511. The number of hydrogen-bond acceptors (Lipinski definition) is 7. The van der Waals surface area contributed by atoms with Crippen LogP contribution in [0.4, 0.5) is 5.69 Å². The second kappa shape index (κ2) is 7.22. The Labute approximate surface area is 141 Å². The van der Waals surface area contributed by atoms with Gasteiger partial charge >= 0.3 is 5.97 Å². The Morgan fingerprint density at radius 1 is 1.12 bits per heavy atom. The molecule has 0 bridgehead atoms. The predicted molar refractivity (Wildman–Crippen MR) is 86.9 cm³/mol. The van der Waals surface area contributed by atoms with E-state index in [2.05, 4.69) is 0 Å². The molecule has 0 saturated carbocycles. The van der Waals surface area contributed by atoms with Crippen LogP contribution in [0.25, 0.3) is 0 Å². The highest BCUT2D eigenvalue weighted by molar-refractivity contribution is 8.00. The van der Waals surface area contributed by atoms with Gasteiger partial charge in [0.15, 0.2) is 11.5 Å². The van der Waals surface area contributed by atoms with Crippen molar-refractivity contribution in [3.63, 3.8) is 0 Å². The molecule has 2 aromatic rings. The lowest BCUT2D eigenvalue weighted by molar-refractivity contribution is -0.384. The SMILES string of the molecule is O=C(CSc1ccc2c(c1)OCCO2)Oc1ccc([N+](=O)[O-])cc1. The Bertz CT molecular complexity index is 762. The van der Waals surface area contributed by atoms with Gasteiger partial charge in [0.2, 0.25) is 0 Å². The molecular formula is C16H13NO6S. The standard InChI is InChI=1S/C16H13NO6S/c18-16(23-12-3-1-11(2-4-12)17(19)20)10-24-13-5-6-14-15(9-13)22-8-7-21-14/h1-6,9H,7-8,10H2. The Hall–Kier alpha value is -2.74. The molecule has 0 unspecified atom stereocenters. The van der Waals surface area contributed by atoms with Gasteiger partial charge in [-0.2, -0.15) is 0 Å². The van der Waals surface area contributed by atoms with Crippen molar-refractivity contribution in [1.29, 1.82) is 0 Å². The first kappa shape index (κ1) is 16.1. The Balaban J connectivity index is 1.54. The van der Waals surface area contributed by atoms with Crippen LogP contribution >= 0.6 is 11.8 Å². The third-order valence-electron chi connectivity index (χ3n) is 3.15. The zero-order chi connectivity index (χ0) is 16.9. The second-order valence-electron chi connectivity index (χ2n) is 4.82. The summed E-state index contributed by atoms with van der Waals surface area (Å²) >= 11 is 1.31. The first-order valence-electron chi connectivity index (χ1n) is 7.09.